The number of furan rings is 1. The molecule has 0 spiro atoms. The molecular weight excluding hydrogens is 224 g/mol. The molecule has 0 atom stereocenters. The van der Waals surface area contributed by atoms with E-state index in [0.717, 1.165) is 0 Å². The normalized spacial score (nSPS) is 10.2. The summed E-state index contributed by atoms with van der Waals surface area (Å²) < 4.78 is 6.43. The fourth-order valence-electron chi connectivity index (χ4n) is 1.31. The first-order valence-electron chi connectivity index (χ1n) is 4.82. The molecule has 0 saturated carbocycles. The molecule has 0 aromatic carbocycles. The number of amides is 1. The number of hydrogen-bond donors (Lipinski definition) is 2. The van der Waals surface area contributed by atoms with Crippen LogP contribution in [0.25, 0.3) is 0 Å². The van der Waals surface area contributed by atoms with Crippen molar-refractivity contribution in [3.8, 4) is 0 Å². The molecular formula is C10H10N4O3. The molecule has 2 aromatic rings. The van der Waals surface area contributed by atoms with Gasteiger partial charge in [0, 0.05) is 12.3 Å². The molecule has 0 fully saturated rings. The van der Waals surface area contributed by atoms with Gasteiger partial charge < -0.3 is 4.42 Å². The number of nitrogens with one attached hydrogen (secondary N) is 1. The Hall–Kier alpha value is -2.41. The summed E-state index contributed by atoms with van der Waals surface area (Å²) in [7, 11) is 0. The summed E-state index contributed by atoms with van der Waals surface area (Å²) >= 11 is 0. The highest BCUT2D eigenvalue weighted by Gasteiger charge is 2.10. The molecule has 0 bridgehead atoms. The van der Waals surface area contributed by atoms with Crippen LogP contribution >= 0.6 is 0 Å². The average molecular weight is 234 g/mol. The van der Waals surface area contributed by atoms with E-state index < -0.39 is 5.91 Å². The lowest BCUT2D eigenvalue weighted by Gasteiger charge is -2.00. The zero-order valence-corrected chi connectivity index (χ0v) is 8.79. The van der Waals surface area contributed by atoms with E-state index in [4.69, 9.17) is 10.3 Å². The summed E-state index contributed by atoms with van der Waals surface area (Å²) in [5.41, 5.74) is 1.71. The third kappa shape index (κ3) is 2.40. The van der Waals surface area contributed by atoms with Crippen molar-refractivity contribution in [1.82, 2.24) is 15.2 Å². The van der Waals surface area contributed by atoms with Gasteiger partial charge in [-0.1, -0.05) is 0 Å². The van der Waals surface area contributed by atoms with E-state index in [1.54, 1.807) is 12.1 Å². The second kappa shape index (κ2) is 4.62. The minimum atomic E-state index is -0.524. The smallest absolute Gasteiger partial charge is 0.300 e. The fraction of sp³-hybridized carbons (Fsp3) is 0.100. The summed E-state index contributed by atoms with van der Waals surface area (Å²) in [6.45, 7) is 0.164. The summed E-state index contributed by atoms with van der Waals surface area (Å²) in [6, 6.07) is 6.01. The molecule has 2 aromatic heterocycles. The van der Waals surface area contributed by atoms with Crippen molar-refractivity contribution in [1.29, 1.82) is 0 Å². The van der Waals surface area contributed by atoms with Crippen molar-refractivity contribution in [2.45, 2.75) is 6.54 Å². The monoisotopic (exact) mass is 234 g/mol. The zero-order valence-electron chi connectivity index (χ0n) is 8.79. The van der Waals surface area contributed by atoms with Crippen molar-refractivity contribution < 1.29 is 9.21 Å². The maximum absolute atomic E-state index is 11.4. The van der Waals surface area contributed by atoms with Crippen LogP contribution in [0, 0.1) is 0 Å². The molecule has 2 heterocycles. The predicted molar refractivity (Wildman–Crippen MR) is 58.0 cm³/mol. The van der Waals surface area contributed by atoms with E-state index in [0.29, 0.717) is 5.76 Å². The summed E-state index contributed by atoms with van der Waals surface area (Å²) in [6.07, 6.45) is 1.50. The third-order valence-electron chi connectivity index (χ3n) is 2.11. The van der Waals surface area contributed by atoms with Crippen molar-refractivity contribution in [3.63, 3.8) is 0 Å². The Morgan fingerprint density at radius 1 is 1.47 bits per heavy atom. The van der Waals surface area contributed by atoms with Gasteiger partial charge in [-0.05, 0) is 18.2 Å². The summed E-state index contributed by atoms with van der Waals surface area (Å²) in [5.74, 6) is 4.98. The average Bonchev–Trinajstić information content (AvgIpc) is 2.80. The van der Waals surface area contributed by atoms with Crippen molar-refractivity contribution in [3.05, 3.63) is 52.3 Å². The lowest BCUT2D eigenvalue weighted by atomic mass is 10.4. The van der Waals surface area contributed by atoms with Crippen molar-refractivity contribution >= 4 is 5.91 Å². The van der Waals surface area contributed by atoms with Crippen molar-refractivity contribution in [2.24, 2.45) is 5.84 Å². The number of nitrogens with two attached hydrogens (primary N) is 1. The quantitative estimate of drug-likeness (QED) is 0.423. The molecule has 7 heteroatoms. The number of hydrazine groups is 1. The molecule has 3 N–H and O–H groups in total. The Morgan fingerprint density at radius 3 is 3.00 bits per heavy atom. The summed E-state index contributed by atoms with van der Waals surface area (Å²) in [4.78, 5) is 22.5. The van der Waals surface area contributed by atoms with Gasteiger partial charge in [-0.15, -0.1) is 0 Å². The molecule has 7 nitrogen and oxygen atoms in total. The lowest BCUT2D eigenvalue weighted by molar-refractivity contribution is 0.0924. The van der Waals surface area contributed by atoms with Crippen LogP contribution in [0.1, 0.15) is 16.3 Å². The van der Waals surface area contributed by atoms with Crippen LogP contribution in [-0.2, 0) is 6.54 Å². The van der Waals surface area contributed by atoms with E-state index in [-0.39, 0.29) is 17.9 Å². The molecule has 0 radical (unpaired) electrons. The van der Waals surface area contributed by atoms with Gasteiger partial charge in [0.25, 0.3) is 5.56 Å². The number of nitrogen functional groups attached to an aromatic ring is 1. The summed E-state index contributed by atoms with van der Waals surface area (Å²) in [5, 5.41) is 3.87. The Kier molecular flexibility index (Phi) is 3.01. The highest BCUT2D eigenvalue weighted by atomic mass is 16.4. The maximum atomic E-state index is 11.4. The standard InChI is InChI=1S/C10H10N4O3/c11-13-10(16)8-4-3-7(17-8)6-14-9(15)2-1-5-12-14/h1-5H,6,11H2,(H,13,16). The van der Waals surface area contributed by atoms with Crippen LogP contribution < -0.4 is 16.8 Å². The first-order chi connectivity index (χ1) is 8.20. The Balaban J connectivity index is 2.20. The van der Waals surface area contributed by atoms with Crippen LogP contribution in [0.4, 0.5) is 0 Å². The first-order valence-corrected chi connectivity index (χ1v) is 4.82. The fourth-order valence-corrected chi connectivity index (χ4v) is 1.31. The van der Waals surface area contributed by atoms with Crippen LogP contribution in [0.5, 0.6) is 0 Å². The number of nitrogens with zero attached hydrogens (tertiary/aromatic N) is 2. The molecule has 1 amide bonds. The number of hydrogen-bond acceptors (Lipinski definition) is 5. The van der Waals surface area contributed by atoms with Gasteiger partial charge in [-0.2, -0.15) is 5.10 Å². The second-order valence-corrected chi connectivity index (χ2v) is 3.26. The Bertz CT molecular complexity index is 587. The van der Waals surface area contributed by atoms with E-state index in [1.165, 1.54) is 23.0 Å². The van der Waals surface area contributed by atoms with Gasteiger partial charge in [-0.3, -0.25) is 15.0 Å². The molecule has 2 rings (SSSR count). The topological polar surface area (TPSA) is 103 Å². The highest BCUT2D eigenvalue weighted by molar-refractivity contribution is 5.90. The van der Waals surface area contributed by atoms with Gasteiger partial charge in [0.05, 0.1) is 0 Å². The van der Waals surface area contributed by atoms with Crippen LogP contribution in [0.3, 0.4) is 0 Å². The van der Waals surface area contributed by atoms with Gasteiger partial charge >= 0.3 is 5.91 Å². The lowest BCUT2D eigenvalue weighted by Crippen LogP contribution is -2.29. The SMILES string of the molecule is NNC(=O)c1ccc(Cn2ncccc2=O)o1. The zero-order chi connectivity index (χ0) is 12.3. The van der Waals surface area contributed by atoms with Crippen molar-refractivity contribution in [2.75, 3.05) is 0 Å². The third-order valence-corrected chi connectivity index (χ3v) is 2.11. The van der Waals surface area contributed by atoms with E-state index in [9.17, 15) is 9.59 Å². The Labute approximate surface area is 95.8 Å². The van der Waals surface area contributed by atoms with Gasteiger partial charge in [0.1, 0.15) is 12.3 Å². The van der Waals surface area contributed by atoms with Gasteiger partial charge in [-0.25, -0.2) is 10.5 Å². The minimum Gasteiger partial charge on any atom is -0.454 e. The predicted octanol–water partition coefficient (Wildman–Crippen LogP) is -0.512. The molecule has 0 saturated heterocycles. The Morgan fingerprint density at radius 2 is 2.29 bits per heavy atom. The number of carbonyl (C=O) groups is 1. The minimum absolute atomic E-state index is 0.0893. The molecule has 0 unspecified atom stereocenters. The molecule has 0 aliphatic carbocycles. The number of carbonyl (C=O) groups excluding carboxylic acids is 1. The van der Waals surface area contributed by atoms with Crippen LogP contribution in [0.15, 0.2) is 39.7 Å². The largest absolute Gasteiger partial charge is 0.454 e. The highest BCUT2D eigenvalue weighted by Crippen LogP contribution is 2.07. The van der Waals surface area contributed by atoms with E-state index in [1.807, 2.05) is 5.43 Å². The maximum Gasteiger partial charge on any atom is 0.300 e. The van der Waals surface area contributed by atoms with E-state index >= 15 is 0 Å². The number of aromatic nitrogens is 2. The molecule has 0 aliphatic rings. The van der Waals surface area contributed by atoms with E-state index in [2.05, 4.69) is 5.10 Å². The molecule has 17 heavy (non-hydrogen) atoms. The van der Waals surface area contributed by atoms with Gasteiger partial charge in [0.2, 0.25) is 0 Å². The van der Waals surface area contributed by atoms with Crippen LogP contribution in [0.2, 0.25) is 0 Å². The van der Waals surface area contributed by atoms with Gasteiger partial charge in [0.15, 0.2) is 5.76 Å². The van der Waals surface area contributed by atoms with Crippen LogP contribution in [-0.4, -0.2) is 15.7 Å². The molecule has 0 aliphatic heterocycles. The first kappa shape index (κ1) is 11.1. The molecule has 88 valence electrons. The number of rotatable bonds is 3. The second-order valence-electron chi connectivity index (χ2n) is 3.26.